The summed E-state index contributed by atoms with van der Waals surface area (Å²) in [6.45, 7) is 3.37. The lowest BCUT2D eigenvalue weighted by molar-refractivity contribution is -0.575. The molecule has 2 atom stereocenters. The Balaban J connectivity index is 2.94. The van der Waals surface area contributed by atoms with Gasteiger partial charge in [0.25, 0.3) is 0 Å². The molecule has 0 saturated heterocycles. The average molecular weight is 232 g/mol. The zero-order valence-electron chi connectivity index (χ0n) is 10.1. The van der Waals surface area contributed by atoms with Crippen LogP contribution in [0.15, 0.2) is 30.3 Å². The van der Waals surface area contributed by atoms with Gasteiger partial charge in [-0.1, -0.05) is 37.3 Å². The van der Waals surface area contributed by atoms with Crippen LogP contribution in [-0.4, -0.2) is 10.5 Å². The monoisotopic (exact) mass is 232 g/mol. The molecule has 4 heteroatoms. The number of nitro groups is 1. The molecule has 0 aliphatic rings. The second-order valence-electron chi connectivity index (χ2n) is 4.54. The van der Waals surface area contributed by atoms with Gasteiger partial charge in [0, 0.05) is 30.6 Å². The molecule has 0 aliphatic heterocycles. The second kappa shape index (κ2) is 5.44. The molecule has 0 aliphatic carbocycles. The van der Waals surface area contributed by atoms with E-state index < -0.39 is 5.54 Å². The van der Waals surface area contributed by atoms with E-state index in [-0.39, 0.29) is 17.3 Å². The number of rotatable bonds is 5. The lowest BCUT2D eigenvalue weighted by Crippen LogP contribution is -2.43. The maximum absolute atomic E-state index is 11.2. The van der Waals surface area contributed by atoms with Gasteiger partial charge in [0.2, 0.25) is 5.54 Å². The van der Waals surface area contributed by atoms with Crippen molar-refractivity contribution in [3.63, 3.8) is 0 Å². The number of nitriles is 1. The Morgan fingerprint density at radius 1 is 1.47 bits per heavy atom. The fourth-order valence-corrected chi connectivity index (χ4v) is 1.78. The van der Waals surface area contributed by atoms with Crippen molar-refractivity contribution < 1.29 is 4.92 Å². The molecule has 0 amide bonds. The van der Waals surface area contributed by atoms with Crippen molar-refractivity contribution in [3.8, 4) is 6.07 Å². The molecule has 2 unspecified atom stereocenters. The summed E-state index contributed by atoms with van der Waals surface area (Å²) in [4.78, 5) is 11.0. The van der Waals surface area contributed by atoms with Crippen LogP contribution in [0.25, 0.3) is 0 Å². The van der Waals surface area contributed by atoms with Crippen molar-refractivity contribution in [1.82, 2.24) is 0 Å². The Labute approximate surface area is 101 Å². The normalized spacial score (nSPS) is 15.6. The van der Waals surface area contributed by atoms with Crippen LogP contribution in [0, 0.1) is 27.4 Å². The van der Waals surface area contributed by atoms with Gasteiger partial charge < -0.3 is 0 Å². The van der Waals surface area contributed by atoms with Gasteiger partial charge in [-0.3, -0.25) is 10.1 Å². The fourth-order valence-electron chi connectivity index (χ4n) is 1.78. The highest BCUT2D eigenvalue weighted by Gasteiger charge is 2.43. The standard InChI is InChI=1S/C13H16N2O2/c1-11(8-9-14)13(2,15(16)17)10-12-6-4-3-5-7-12/h3-7,11H,8,10H2,1-2H3. The van der Waals surface area contributed by atoms with Crippen molar-refractivity contribution >= 4 is 0 Å². The van der Waals surface area contributed by atoms with E-state index in [0.29, 0.717) is 6.42 Å². The smallest absolute Gasteiger partial charge is 0.227 e. The Bertz CT molecular complexity index is 425. The summed E-state index contributed by atoms with van der Waals surface area (Å²) in [5.41, 5.74) is -0.159. The number of benzene rings is 1. The van der Waals surface area contributed by atoms with E-state index in [1.807, 2.05) is 36.4 Å². The summed E-state index contributed by atoms with van der Waals surface area (Å²) < 4.78 is 0. The first-order valence-electron chi connectivity index (χ1n) is 5.56. The molecule has 0 N–H and O–H groups in total. The molecule has 1 aromatic carbocycles. The minimum Gasteiger partial charge on any atom is -0.264 e. The minimum atomic E-state index is -1.09. The van der Waals surface area contributed by atoms with Gasteiger partial charge in [-0.05, 0) is 5.56 Å². The molecule has 90 valence electrons. The summed E-state index contributed by atoms with van der Waals surface area (Å²) in [5.74, 6) is -0.275. The highest BCUT2D eigenvalue weighted by atomic mass is 16.6. The van der Waals surface area contributed by atoms with Gasteiger partial charge in [0.05, 0.1) is 6.07 Å². The zero-order chi connectivity index (χ0) is 12.9. The third-order valence-electron chi connectivity index (χ3n) is 3.28. The first-order valence-corrected chi connectivity index (χ1v) is 5.56. The summed E-state index contributed by atoms with van der Waals surface area (Å²) in [6, 6.07) is 11.4. The van der Waals surface area contributed by atoms with E-state index in [1.165, 1.54) is 0 Å². The van der Waals surface area contributed by atoms with E-state index >= 15 is 0 Å². The summed E-state index contributed by atoms with van der Waals surface area (Å²) in [7, 11) is 0. The second-order valence-corrected chi connectivity index (χ2v) is 4.54. The van der Waals surface area contributed by atoms with Crippen molar-refractivity contribution in [2.45, 2.75) is 32.2 Å². The summed E-state index contributed by atoms with van der Waals surface area (Å²) in [6.07, 6.45) is 0.550. The SMILES string of the molecule is CC(CC#N)C(C)(Cc1ccccc1)[N+](=O)[O-]. The zero-order valence-corrected chi connectivity index (χ0v) is 10.1. The molecule has 0 saturated carbocycles. The van der Waals surface area contributed by atoms with Crippen LogP contribution in [-0.2, 0) is 6.42 Å². The first-order chi connectivity index (χ1) is 8.00. The van der Waals surface area contributed by atoms with E-state index in [4.69, 9.17) is 5.26 Å². The molecule has 0 bridgehead atoms. The molecule has 0 heterocycles. The number of hydrogen-bond acceptors (Lipinski definition) is 3. The van der Waals surface area contributed by atoms with Crippen LogP contribution in [0.5, 0.6) is 0 Å². The fraction of sp³-hybridized carbons (Fsp3) is 0.462. The molecule has 0 spiro atoms. The molecule has 1 rings (SSSR count). The maximum Gasteiger partial charge on any atom is 0.227 e. The minimum absolute atomic E-state index is 0.199. The van der Waals surface area contributed by atoms with Crippen molar-refractivity contribution in [1.29, 1.82) is 5.26 Å². The van der Waals surface area contributed by atoms with Crippen LogP contribution in [0.3, 0.4) is 0 Å². The molecule has 17 heavy (non-hydrogen) atoms. The molecular weight excluding hydrogens is 216 g/mol. The van der Waals surface area contributed by atoms with Gasteiger partial charge in [0.1, 0.15) is 0 Å². The third kappa shape index (κ3) is 3.04. The van der Waals surface area contributed by atoms with Gasteiger partial charge in [-0.15, -0.1) is 0 Å². The number of nitrogens with zero attached hydrogens (tertiary/aromatic N) is 2. The maximum atomic E-state index is 11.2. The molecule has 4 nitrogen and oxygen atoms in total. The summed E-state index contributed by atoms with van der Waals surface area (Å²) in [5, 5.41) is 19.9. The van der Waals surface area contributed by atoms with E-state index in [1.54, 1.807) is 13.8 Å². The lowest BCUT2D eigenvalue weighted by atomic mass is 9.80. The Hall–Kier alpha value is -1.89. The molecule has 1 aromatic rings. The molecule has 0 fully saturated rings. The molecule has 0 radical (unpaired) electrons. The van der Waals surface area contributed by atoms with Crippen LogP contribution < -0.4 is 0 Å². The van der Waals surface area contributed by atoms with E-state index in [2.05, 4.69) is 0 Å². The highest BCUT2D eigenvalue weighted by Crippen LogP contribution is 2.27. The first kappa shape index (κ1) is 13.2. The van der Waals surface area contributed by atoms with Crippen LogP contribution in [0.1, 0.15) is 25.8 Å². The van der Waals surface area contributed by atoms with Gasteiger partial charge >= 0.3 is 0 Å². The van der Waals surface area contributed by atoms with Gasteiger partial charge in [-0.25, -0.2) is 0 Å². The van der Waals surface area contributed by atoms with Crippen LogP contribution in [0.4, 0.5) is 0 Å². The van der Waals surface area contributed by atoms with Gasteiger partial charge in [-0.2, -0.15) is 5.26 Å². The summed E-state index contributed by atoms with van der Waals surface area (Å²) >= 11 is 0. The largest absolute Gasteiger partial charge is 0.264 e. The average Bonchev–Trinajstić information content (AvgIpc) is 2.30. The predicted octanol–water partition coefficient (Wildman–Crippen LogP) is 2.81. The van der Waals surface area contributed by atoms with Crippen molar-refractivity contribution in [3.05, 3.63) is 46.0 Å². The van der Waals surface area contributed by atoms with Gasteiger partial charge in [0.15, 0.2) is 0 Å². The number of hydrogen-bond donors (Lipinski definition) is 0. The lowest BCUT2D eigenvalue weighted by Gasteiger charge is -2.26. The third-order valence-corrected chi connectivity index (χ3v) is 3.28. The Kier molecular flexibility index (Phi) is 4.22. The Morgan fingerprint density at radius 2 is 2.06 bits per heavy atom. The predicted molar refractivity (Wildman–Crippen MR) is 64.9 cm³/mol. The van der Waals surface area contributed by atoms with Crippen molar-refractivity contribution in [2.75, 3.05) is 0 Å². The Morgan fingerprint density at radius 3 is 2.53 bits per heavy atom. The molecule has 0 aromatic heterocycles. The molecular formula is C13H16N2O2. The topological polar surface area (TPSA) is 66.9 Å². The quantitative estimate of drug-likeness (QED) is 0.579. The highest BCUT2D eigenvalue weighted by molar-refractivity contribution is 5.17. The van der Waals surface area contributed by atoms with Crippen molar-refractivity contribution in [2.24, 2.45) is 5.92 Å². The van der Waals surface area contributed by atoms with E-state index in [0.717, 1.165) is 5.56 Å². The van der Waals surface area contributed by atoms with E-state index in [9.17, 15) is 10.1 Å². The van der Waals surface area contributed by atoms with Crippen LogP contribution >= 0.6 is 0 Å². The van der Waals surface area contributed by atoms with Crippen LogP contribution in [0.2, 0.25) is 0 Å².